The molecule has 120 valence electrons. The van der Waals surface area contributed by atoms with Gasteiger partial charge in [-0.3, -0.25) is 0 Å². The third-order valence-corrected chi connectivity index (χ3v) is 3.12. The molecule has 0 aliphatic heterocycles. The normalized spacial score (nSPS) is 13.8. The summed E-state index contributed by atoms with van der Waals surface area (Å²) in [5, 5.41) is 8.99. The van der Waals surface area contributed by atoms with E-state index in [-0.39, 0.29) is 6.61 Å². The zero-order valence-electron chi connectivity index (χ0n) is 14.1. The van der Waals surface area contributed by atoms with Crippen molar-refractivity contribution in [3.8, 4) is 0 Å². The van der Waals surface area contributed by atoms with Gasteiger partial charge in [-0.25, -0.2) is 4.79 Å². The van der Waals surface area contributed by atoms with Crippen LogP contribution in [-0.4, -0.2) is 23.8 Å². The van der Waals surface area contributed by atoms with Crippen LogP contribution in [0.15, 0.2) is 34.9 Å². The van der Waals surface area contributed by atoms with Gasteiger partial charge < -0.3 is 9.84 Å². The van der Waals surface area contributed by atoms with Crippen molar-refractivity contribution in [2.75, 3.05) is 6.61 Å². The fraction of sp³-hybridized carbons (Fsp3) is 0.611. The summed E-state index contributed by atoms with van der Waals surface area (Å²) in [6.07, 6.45) is 9.57. The lowest BCUT2D eigenvalue weighted by Crippen LogP contribution is -2.19. The van der Waals surface area contributed by atoms with Gasteiger partial charge in [-0.15, -0.1) is 0 Å². The van der Waals surface area contributed by atoms with Gasteiger partial charge in [-0.05, 0) is 66.4 Å². The quantitative estimate of drug-likeness (QED) is 0.508. The molecule has 1 unspecified atom stereocenters. The van der Waals surface area contributed by atoms with Gasteiger partial charge in [0.25, 0.3) is 0 Å². The Bertz CT molecular complexity index is 397. The van der Waals surface area contributed by atoms with Crippen molar-refractivity contribution in [3.05, 3.63) is 34.9 Å². The molecule has 0 aliphatic carbocycles. The summed E-state index contributed by atoms with van der Waals surface area (Å²) in [7, 11) is 0. The highest BCUT2D eigenvalue weighted by molar-refractivity contribution is 5.73. The van der Waals surface area contributed by atoms with Crippen LogP contribution >= 0.6 is 0 Å². The third-order valence-electron chi connectivity index (χ3n) is 3.12. The molecule has 0 rings (SSSR count). The molecule has 1 atom stereocenters. The topological polar surface area (TPSA) is 46.5 Å². The van der Waals surface area contributed by atoms with Gasteiger partial charge in [-0.2, -0.15) is 0 Å². The standard InChI is InChI=1S/C18H30O3/c1-14(2)8-6-9-15(3)10-7-11-16(4)12-13-21-18(20)17(5)19/h8,10,12,17,19H,6-7,9,11,13H2,1-5H3. The number of rotatable bonds is 9. The van der Waals surface area contributed by atoms with Crippen LogP contribution < -0.4 is 0 Å². The second kappa shape index (κ2) is 11.3. The lowest BCUT2D eigenvalue weighted by atomic mass is 10.1. The number of hydrogen-bond acceptors (Lipinski definition) is 3. The Labute approximate surface area is 129 Å². The number of ether oxygens (including phenoxy) is 1. The van der Waals surface area contributed by atoms with Crippen molar-refractivity contribution < 1.29 is 14.6 Å². The predicted molar refractivity (Wildman–Crippen MR) is 88.1 cm³/mol. The van der Waals surface area contributed by atoms with E-state index in [1.807, 2.05) is 13.0 Å². The number of esters is 1. The number of aliphatic hydroxyl groups is 1. The molecule has 0 bridgehead atoms. The Morgan fingerprint density at radius 1 is 1.00 bits per heavy atom. The maximum atomic E-state index is 11.1. The summed E-state index contributed by atoms with van der Waals surface area (Å²) in [5.74, 6) is -0.575. The summed E-state index contributed by atoms with van der Waals surface area (Å²) in [6, 6.07) is 0. The second-order valence-electron chi connectivity index (χ2n) is 5.77. The maximum Gasteiger partial charge on any atom is 0.334 e. The molecule has 0 aromatic heterocycles. The molecule has 0 saturated heterocycles. The second-order valence-corrected chi connectivity index (χ2v) is 5.77. The molecule has 0 fully saturated rings. The molecule has 21 heavy (non-hydrogen) atoms. The zero-order valence-corrected chi connectivity index (χ0v) is 14.1. The van der Waals surface area contributed by atoms with E-state index < -0.39 is 12.1 Å². The smallest absolute Gasteiger partial charge is 0.334 e. The molecular formula is C18H30O3. The molecule has 0 saturated carbocycles. The molecule has 0 spiro atoms. The van der Waals surface area contributed by atoms with Crippen LogP contribution in [0.2, 0.25) is 0 Å². The third kappa shape index (κ3) is 12.1. The molecular weight excluding hydrogens is 264 g/mol. The Kier molecular flexibility index (Phi) is 10.6. The summed E-state index contributed by atoms with van der Waals surface area (Å²) in [6.45, 7) is 10.1. The van der Waals surface area contributed by atoms with Crippen LogP contribution in [0.25, 0.3) is 0 Å². The number of carbonyl (C=O) groups is 1. The molecule has 0 heterocycles. The molecule has 0 aliphatic rings. The zero-order chi connectivity index (χ0) is 16.3. The van der Waals surface area contributed by atoms with E-state index in [1.54, 1.807) is 0 Å². The van der Waals surface area contributed by atoms with Crippen molar-refractivity contribution in [2.24, 2.45) is 0 Å². The molecule has 0 radical (unpaired) electrons. The van der Waals surface area contributed by atoms with Gasteiger partial charge in [0.05, 0.1) is 0 Å². The van der Waals surface area contributed by atoms with Gasteiger partial charge in [0.2, 0.25) is 0 Å². The van der Waals surface area contributed by atoms with Crippen molar-refractivity contribution in [1.82, 2.24) is 0 Å². The average molecular weight is 294 g/mol. The highest BCUT2D eigenvalue weighted by atomic mass is 16.5. The van der Waals surface area contributed by atoms with E-state index in [4.69, 9.17) is 9.84 Å². The molecule has 0 aromatic carbocycles. The Morgan fingerprint density at radius 3 is 2.05 bits per heavy atom. The van der Waals surface area contributed by atoms with Crippen LogP contribution in [0, 0.1) is 0 Å². The van der Waals surface area contributed by atoms with Gasteiger partial charge in [0.1, 0.15) is 12.7 Å². The molecule has 3 heteroatoms. The summed E-state index contributed by atoms with van der Waals surface area (Å²) in [5.41, 5.74) is 3.98. The Morgan fingerprint density at radius 2 is 1.52 bits per heavy atom. The van der Waals surface area contributed by atoms with E-state index in [2.05, 4.69) is 32.9 Å². The number of aliphatic hydroxyl groups excluding tert-OH is 1. The monoisotopic (exact) mass is 294 g/mol. The van der Waals surface area contributed by atoms with Crippen molar-refractivity contribution in [2.45, 2.75) is 66.4 Å². The number of allylic oxidation sites excluding steroid dienone is 5. The van der Waals surface area contributed by atoms with Crippen molar-refractivity contribution in [1.29, 1.82) is 0 Å². The number of hydrogen-bond donors (Lipinski definition) is 1. The SMILES string of the molecule is CC(C)=CCCC(C)=CCCC(C)=CCOC(=O)C(C)O. The van der Waals surface area contributed by atoms with Gasteiger partial charge in [0, 0.05) is 0 Å². The van der Waals surface area contributed by atoms with E-state index in [9.17, 15) is 4.79 Å². The predicted octanol–water partition coefficient (Wildman–Crippen LogP) is 4.33. The molecule has 3 nitrogen and oxygen atoms in total. The van der Waals surface area contributed by atoms with Crippen LogP contribution in [0.5, 0.6) is 0 Å². The molecule has 0 amide bonds. The minimum atomic E-state index is -1.05. The van der Waals surface area contributed by atoms with Gasteiger partial charge in [0.15, 0.2) is 0 Å². The summed E-state index contributed by atoms with van der Waals surface area (Å²) in [4.78, 5) is 11.1. The Hall–Kier alpha value is -1.35. The van der Waals surface area contributed by atoms with Gasteiger partial charge >= 0.3 is 5.97 Å². The molecule has 1 N–H and O–H groups in total. The Balaban J connectivity index is 3.93. The van der Waals surface area contributed by atoms with E-state index in [1.165, 1.54) is 23.6 Å². The first-order chi connectivity index (χ1) is 9.82. The summed E-state index contributed by atoms with van der Waals surface area (Å²) < 4.78 is 4.89. The highest BCUT2D eigenvalue weighted by Crippen LogP contribution is 2.11. The first-order valence-corrected chi connectivity index (χ1v) is 7.62. The van der Waals surface area contributed by atoms with Crippen molar-refractivity contribution >= 4 is 5.97 Å². The minimum absolute atomic E-state index is 0.235. The van der Waals surface area contributed by atoms with Crippen LogP contribution in [0.1, 0.15) is 60.3 Å². The average Bonchev–Trinajstić information content (AvgIpc) is 2.37. The lowest BCUT2D eigenvalue weighted by molar-refractivity contribution is -0.151. The highest BCUT2D eigenvalue weighted by Gasteiger charge is 2.08. The van der Waals surface area contributed by atoms with Crippen LogP contribution in [0.3, 0.4) is 0 Å². The molecule has 0 aromatic rings. The van der Waals surface area contributed by atoms with Crippen LogP contribution in [0.4, 0.5) is 0 Å². The maximum absolute atomic E-state index is 11.1. The van der Waals surface area contributed by atoms with Crippen LogP contribution in [-0.2, 0) is 9.53 Å². The van der Waals surface area contributed by atoms with Gasteiger partial charge in [-0.1, -0.05) is 28.9 Å². The van der Waals surface area contributed by atoms with E-state index >= 15 is 0 Å². The fourth-order valence-electron chi connectivity index (χ4n) is 1.73. The fourth-order valence-corrected chi connectivity index (χ4v) is 1.73. The lowest BCUT2D eigenvalue weighted by Gasteiger charge is -2.05. The minimum Gasteiger partial charge on any atom is -0.460 e. The first-order valence-electron chi connectivity index (χ1n) is 7.62. The van der Waals surface area contributed by atoms with E-state index in [0.717, 1.165) is 25.7 Å². The largest absolute Gasteiger partial charge is 0.460 e. The first kappa shape index (κ1) is 19.7. The van der Waals surface area contributed by atoms with Crippen molar-refractivity contribution in [3.63, 3.8) is 0 Å². The van der Waals surface area contributed by atoms with E-state index in [0.29, 0.717) is 0 Å². The number of carbonyl (C=O) groups excluding carboxylic acids is 1. The summed E-state index contributed by atoms with van der Waals surface area (Å²) >= 11 is 0.